The first kappa shape index (κ1) is 15.9. The second-order valence-corrected chi connectivity index (χ2v) is 7.72. The van der Waals surface area contributed by atoms with Crippen LogP contribution in [-0.4, -0.2) is 45.5 Å². The average Bonchev–Trinajstić information content (AvgIpc) is 3.06. The average molecular weight is 350 g/mol. The summed E-state index contributed by atoms with van der Waals surface area (Å²) in [6.45, 7) is 2.67. The second kappa shape index (κ2) is 6.13. The molecule has 2 aromatic rings. The van der Waals surface area contributed by atoms with Crippen molar-refractivity contribution >= 4 is 5.91 Å². The third kappa shape index (κ3) is 2.51. The minimum absolute atomic E-state index is 0.201. The molecule has 1 aliphatic carbocycles. The number of hydrogen-bond acceptors (Lipinski definition) is 5. The SMILES string of the molecule is O=C(C1CCC1)N1CC[C@]2(COCc3cnc(-c4cccnc4)nc32)C1. The van der Waals surface area contributed by atoms with E-state index in [4.69, 9.17) is 9.72 Å². The maximum atomic E-state index is 12.7. The number of amides is 1. The molecule has 1 amide bonds. The largest absolute Gasteiger partial charge is 0.376 e. The predicted octanol–water partition coefficient (Wildman–Crippen LogP) is 2.34. The van der Waals surface area contributed by atoms with E-state index in [0.29, 0.717) is 31.5 Å². The molecule has 6 nitrogen and oxygen atoms in total. The minimum Gasteiger partial charge on any atom is -0.376 e. The van der Waals surface area contributed by atoms with E-state index < -0.39 is 0 Å². The quantitative estimate of drug-likeness (QED) is 0.832. The third-order valence-corrected chi connectivity index (χ3v) is 6.04. The molecule has 1 saturated heterocycles. The lowest BCUT2D eigenvalue weighted by atomic mass is 9.80. The van der Waals surface area contributed by atoms with Gasteiger partial charge >= 0.3 is 0 Å². The molecule has 1 saturated carbocycles. The number of carbonyl (C=O) groups excluding carboxylic acids is 1. The van der Waals surface area contributed by atoms with Crippen molar-refractivity contribution in [3.8, 4) is 11.4 Å². The van der Waals surface area contributed by atoms with Crippen LogP contribution < -0.4 is 0 Å². The van der Waals surface area contributed by atoms with Gasteiger partial charge in [0.15, 0.2) is 5.82 Å². The maximum absolute atomic E-state index is 12.7. The zero-order valence-corrected chi connectivity index (χ0v) is 14.7. The Balaban J connectivity index is 1.48. The van der Waals surface area contributed by atoms with Crippen molar-refractivity contribution < 1.29 is 9.53 Å². The van der Waals surface area contributed by atoms with Crippen LogP contribution in [0.3, 0.4) is 0 Å². The van der Waals surface area contributed by atoms with Crippen molar-refractivity contribution in [2.75, 3.05) is 19.7 Å². The van der Waals surface area contributed by atoms with Gasteiger partial charge in [-0.1, -0.05) is 6.42 Å². The van der Waals surface area contributed by atoms with Crippen LogP contribution in [0.15, 0.2) is 30.7 Å². The van der Waals surface area contributed by atoms with Crippen molar-refractivity contribution in [3.05, 3.63) is 42.0 Å². The summed E-state index contributed by atoms with van der Waals surface area (Å²) in [4.78, 5) is 28.3. The highest BCUT2D eigenvalue weighted by Crippen LogP contribution is 2.41. The normalized spacial score (nSPS) is 25.2. The topological polar surface area (TPSA) is 68.2 Å². The Morgan fingerprint density at radius 3 is 3.00 bits per heavy atom. The highest BCUT2D eigenvalue weighted by molar-refractivity contribution is 5.80. The molecule has 2 aliphatic heterocycles. The Morgan fingerprint density at radius 2 is 2.23 bits per heavy atom. The van der Waals surface area contributed by atoms with Gasteiger partial charge in [0.05, 0.1) is 24.3 Å². The lowest BCUT2D eigenvalue weighted by Gasteiger charge is -2.35. The Morgan fingerprint density at radius 1 is 1.31 bits per heavy atom. The van der Waals surface area contributed by atoms with Gasteiger partial charge in [-0.05, 0) is 31.4 Å². The fraction of sp³-hybridized carbons (Fsp3) is 0.500. The monoisotopic (exact) mass is 350 g/mol. The molecular formula is C20H22N4O2. The number of likely N-dealkylation sites (tertiary alicyclic amines) is 1. The number of fused-ring (bicyclic) bond motifs is 2. The van der Waals surface area contributed by atoms with E-state index in [0.717, 1.165) is 42.6 Å². The molecule has 0 N–H and O–H groups in total. The van der Waals surface area contributed by atoms with E-state index in [1.807, 2.05) is 23.2 Å². The summed E-state index contributed by atoms with van der Waals surface area (Å²) in [6.07, 6.45) is 9.59. The molecule has 1 atom stereocenters. The van der Waals surface area contributed by atoms with Gasteiger partial charge in [-0.15, -0.1) is 0 Å². The molecule has 2 fully saturated rings. The van der Waals surface area contributed by atoms with Crippen LogP contribution in [0.25, 0.3) is 11.4 Å². The molecule has 134 valence electrons. The van der Waals surface area contributed by atoms with Crippen molar-refractivity contribution in [2.24, 2.45) is 5.92 Å². The van der Waals surface area contributed by atoms with Crippen molar-refractivity contribution in [3.63, 3.8) is 0 Å². The maximum Gasteiger partial charge on any atom is 0.225 e. The van der Waals surface area contributed by atoms with Crippen LogP contribution in [0.1, 0.15) is 36.9 Å². The van der Waals surface area contributed by atoms with Crippen LogP contribution >= 0.6 is 0 Å². The van der Waals surface area contributed by atoms with E-state index in [-0.39, 0.29) is 11.3 Å². The summed E-state index contributed by atoms with van der Waals surface area (Å²) in [7, 11) is 0. The number of ether oxygens (including phenoxy) is 1. The van der Waals surface area contributed by atoms with Gasteiger partial charge in [-0.25, -0.2) is 9.97 Å². The summed E-state index contributed by atoms with van der Waals surface area (Å²) >= 11 is 0. The highest BCUT2D eigenvalue weighted by Gasteiger charge is 2.47. The minimum atomic E-state index is -0.201. The van der Waals surface area contributed by atoms with Crippen LogP contribution in [0.2, 0.25) is 0 Å². The Labute approximate surface area is 152 Å². The molecule has 3 aliphatic rings. The summed E-state index contributed by atoms with van der Waals surface area (Å²) in [5, 5.41) is 0. The van der Waals surface area contributed by atoms with Gasteiger partial charge in [-0.2, -0.15) is 0 Å². The number of rotatable bonds is 2. The summed E-state index contributed by atoms with van der Waals surface area (Å²) in [6, 6.07) is 3.87. The van der Waals surface area contributed by atoms with E-state index in [1.54, 1.807) is 12.4 Å². The smallest absolute Gasteiger partial charge is 0.225 e. The lowest BCUT2D eigenvalue weighted by molar-refractivity contribution is -0.137. The number of pyridine rings is 1. The first-order valence-electron chi connectivity index (χ1n) is 9.39. The molecule has 26 heavy (non-hydrogen) atoms. The van der Waals surface area contributed by atoms with Crippen LogP contribution in [-0.2, 0) is 21.6 Å². The van der Waals surface area contributed by atoms with Crippen LogP contribution in [0.5, 0.6) is 0 Å². The zero-order valence-electron chi connectivity index (χ0n) is 14.7. The van der Waals surface area contributed by atoms with Gasteiger partial charge in [0.25, 0.3) is 0 Å². The first-order valence-corrected chi connectivity index (χ1v) is 9.39. The fourth-order valence-electron chi connectivity index (χ4n) is 4.32. The van der Waals surface area contributed by atoms with Crippen LogP contribution in [0.4, 0.5) is 0 Å². The molecule has 0 bridgehead atoms. The Bertz CT molecular complexity index is 837. The molecule has 0 radical (unpaired) electrons. The zero-order chi connectivity index (χ0) is 17.6. The molecule has 4 heterocycles. The number of carbonyl (C=O) groups is 1. The molecular weight excluding hydrogens is 328 g/mol. The van der Waals surface area contributed by atoms with Gasteiger partial charge < -0.3 is 9.64 Å². The van der Waals surface area contributed by atoms with Crippen molar-refractivity contribution in [1.82, 2.24) is 19.9 Å². The number of hydrogen-bond donors (Lipinski definition) is 0. The van der Waals surface area contributed by atoms with E-state index in [9.17, 15) is 4.79 Å². The van der Waals surface area contributed by atoms with Crippen molar-refractivity contribution in [2.45, 2.75) is 37.7 Å². The lowest BCUT2D eigenvalue weighted by Crippen LogP contribution is -2.43. The number of nitrogens with zero attached hydrogens (tertiary/aromatic N) is 4. The van der Waals surface area contributed by atoms with E-state index in [1.165, 1.54) is 6.42 Å². The van der Waals surface area contributed by atoms with E-state index in [2.05, 4.69) is 9.97 Å². The Kier molecular flexibility index (Phi) is 3.74. The summed E-state index contributed by atoms with van der Waals surface area (Å²) < 4.78 is 5.88. The standard InChI is InChI=1S/C20H22N4O2/c25-19(14-3-1-4-14)24-8-6-20(12-24)13-26-11-16-10-22-18(23-17(16)20)15-5-2-7-21-9-15/h2,5,7,9-10,14H,1,3-4,6,8,11-13H2/t20-/m1/s1. The molecule has 0 unspecified atom stereocenters. The highest BCUT2D eigenvalue weighted by atomic mass is 16.5. The first-order chi connectivity index (χ1) is 12.8. The molecule has 0 aromatic carbocycles. The van der Waals surface area contributed by atoms with Crippen LogP contribution in [0, 0.1) is 5.92 Å². The molecule has 6 heteroatoms. The van der Waals surface area contributed by atoms with Gasteiger partial charge in [0.2, 0.25) is 5.91 Å². The second-order valence-electron chi connectivity index (χ2n) is 7.72. The fourth-order valence-corrected chi connectivity index (χ4v) is 4.32. The van der Waals surface area contributed by atoms with Gasteiger partial charge in [0.1, 0.15) is 0 Å². The predicted molar refractivity (Wildman–Crippen MR) is 95.1 cm³/mol. The number of aromatic nitrogens is 3. The Hall–Kier alpha value is -2.34. The third-order valence-electron chi connectivity index (χ3n) is 6.04. The molecule has 1 spiro atoms. The van der Waals surface area contributed by atoms with Gasteiger partial charge in [-0.3, -0.25) is 9.78 Å². The van der Waals surface area contributed by atoms with Gasteiger partial charge in [0, 0.05) is 48.7 Å². The van der Waals surface area contributed by atoms with Crippen molar-refractivity contribution in [1.29, 1.82) is 0 Å². The molecule has 2 aromatic heterocycles. The summed E-state index contributed by atoms with van der Waals surface area (Å²) in [5.74, 6) is 1.26. The summed E-state index contributed by atoms with van der Waals surface area (Å²) in [5.41, 5.74) is 2.81. The van der Waals surface area contributed by atoms with E-state index >= 15 is 0 Å². The molecule has 5 rings (SSSR count).